The maximum atomic E-state index is 5.99. The van der Waals surface area contributed by atoms with E-state index in [-0.39, 0.29) is 0 Å². The van der Waals surface area contributed by atoms with Crippen molar-refractivity contribution in [2.24, 2.45) is 5.92 Å². The van der Waals surface area contributed by atoms with E-state index in [0.29, 0.717) is 6.04 Å². The SMILES string of the molecule is COc1ccc(Cl)cc1NC1CCC(C)C1. The van der Waals surface area contributed by atoms with Gasteiger partial charge in [-0.05, 0) is 43.4 Å². The molecule has 0 bridgehead atoms. The molecule has 16 heavy (non-hydrogen) atoms. The highest BCUT2D eigenvalue weighted by atomic mass is 35.5. The number of benzene rings is 1. The summed E-state index contributed by atoms with van der Waals surface area (Å²) in [5.41, 5.74) is 1.01. The minimum Gasteiger partial charge on any atom is -0.495 e. The molecule has 2 nitrogen and oxygen atoms in total. The fourth-order valence-corrected chi connectivity index (χ4v) is 2.52. The third-order valence-corrected chi connectivity index (χ3v) is 3.45. The summed E-state index contributed by atoms with van der Waals surface area (Å²) in [6.45, 7) is 2.30. The second-order valence-corrected chi connectivity index (χ2v) is 5.04. The molecule has 1 aliphatic rings. The first-order valence-corrected chi connectivity index (χ1v) is 6.17. The molecule has 0 amide bonds. The Hall–Kier alpha value is -0.890. The maximum absolute atomic E-state index is 5.99. The van der Waals surface area contributed by atoms with E-state index in [2.05, 4.69) is 12.2 Å². The van der Waals surface area contributed by atoms with Gasteiger partial charge in [0, 0.05) is 11.1 Å². The van der Waals surface area contributed by atoms with E-state index in [0.717, 1.165) is 22.4 Å². The van der Waals surface area contributed by atoms with Crippen LogP contribution in [0.25, 0.3) is 0 Å². The molecule has 1 fully saturated rings. The van der Waals surface area contributed by atoms with Crippen molar-refractivity contribution in [1.29, 1.82) is 0 Å². The van der Waals surface area contributed by atoms with Crippen molar-refractivity contribution in [2.45, 2.75) is 32.2 Å². The lowest BCUT2D eigenvalue weighted by molar-refractivity contribution is 0.416. The lowest BCUT2D eigenvalue weighted by atomic mass is 10.1. The third kappa shape index (κ3) is 2.62. The summed E-state index contributed by atoms with van der Waals surface area (Å²) in [5, 5.41) is 4.27. The minimum atomic E-state index is 0.558. The first kappa shape index (κ1) is 11.6. The Morgan fingerprint density at radius 3 is 2.81 bits per heavy atom. The molecule has 0 heterocycles. The molecule has 2 atom stereocenters. The molecule has 0 radical (unpaired) electrons. The van der Waals surface area contributed by atoms with E-state index in [1.54, 1.807) is 7.11 Å². The first-order valence-electron chi connectivity index (χ1n) is 5.79. The molecule has 0 saturated heterocycles. The zero-order valence-corrected chi connectivity index (χ0v) is 10.6. The predicted octanol–water partition coefficient (Wildman–Crippen LogP) is 3.95. The number of anilines is 1. The van der Waals surface area contributed by atoms with E-state index < -0.39 is 0 Å². The Morgan fingerprint density at radius 1 is 1.38 bits per heavy atom. The second kappa shape index (κ2) is 4.96. The maximum Gasteiger partial charge on any atom is 0.142 e. The summed E-state index contributed by atoms with van der Waals surface area (Å²) >= 11 is 5.99. The van der Waals surface area contributed by atoms with Gasteiger partial charge in [-0.2, -0.15) is 0 Å². The summed E-state index contributed by atoms with van der Waals surface area (Å²) in [6, 6.07) is 6.25. The zero-order chi connectivity index (χ0) is 11.5. The second-order valence-electron chi connectivity index (χ2n) is 4.60. The van der Waals surface area contributed by atoms with E-state index in [1.807, 2.05) is 18.2 Å². The van der Waals surface area contributed by atoms with Crippen LogP contribution in [0.5, 0.6) is 5.75 Å². The molecule has 0 aliphatic heterocycles. The van der Waals surface area contributed by atoms with Crippen LogP contribution in [-0.4, -0.2) is 13.2 Å². The Balaban J connectivity index is 2.10. The van der Waals surface area contributed by atoms with Crippen LogP contribution in [0, 0.1) is 5.92 Å². The number of methoxy groups -OCH3 is 1. The third-order valence-electron chi connectivity index (χ3n) is 3.22. The van der Waals surface area contributed by atoms with Gasteiger partial charge in [0.05, 0.1) is 12.8 Å². The van der Waals surface area contributed by atoms with Crippen LogP contribution in [0.1, 0.15) is 26.2 Å². The fourth-order valence-electron chi connectivity index (χ4n) is 2.35. The molecule has 1 N–H and O–H groups in total. The van der Waals surface area contributed by atoms with Crippen LogP contribution in [-0.2, 0) is 0 Å². The molecule has 1 saturated carbocycles. The smallest absolute Gasteiger partial charge is 0.142 e. The first-order chi connectivity index (χ1) is 7.69. The van der Waals surface area contributed by atoms with Crippen molar-refractivity contribution in [3.8, 4) is 5.75 Å². The van der Waals surface area contributed by atoms with Crippen LogP contribution in [0.15, 0.2) is 18.2 Å². The van der Waals surface area contributed by atoms with Crippen LogP contribution < -0.4 is 10.1 Å². The van der Waals surface area contributed by atoms with E-state index in [1.165, 1.54) is 19.3 Å². The normalized spacial score (nSPS) is 24.4. The highest BCUT2D eigenvalue weighted by Crippen LogP contribution is 2.32. The summed E-state index contributed by atoms with van der Waals surface area (Å²) in [4.78, 5) is 0. The summed E-state index contributed by atoms with van der Waals surface area (Å²) in [5.74, 6) is 1.69. The van der Waals surface area contributed by atoms with Gasteiger partial charge in [0.25, 0.3) is 0 Å². The molecular weight excluding hydrogens is 222 g/mol. The number of halogens is 1. The molecule has 0 spiro atoms. The Morgan fingerprint density at radius 2 is 2.19 bits per heavy atom. The van der Waals surface area contributed by atoms with Gasteiger partial charge in [0.1, 0.15) is 5.75 Å². The van der Waals surface area contributed by atoms with Crippen molar-refractivity contribution in [2.75, 3.05) is 12.4 Å². The highest BCUT2D eigenvalue weighted by molar-refractivity contribution is 6.30. The topological polar surface area (TPSA) is 21.3 Å². The largest absolute Gasteiger partial charge is 0.495 e. The minimum absolute atomic E-state index is 0.558. The fraction of sp³-hybridized carbons (Fsp3) is 0.538. The van der Waals surface area contributed by atoms with E-state index >= 15 is 0 Å². The monoisotopic (exact) mass is 239 g/mol. The standard InChI is InChI=1S/C13H18ClNO/c1-9-3-5-11(7-9)15-12-8-10(14)4-6-13(12)16-2/h4,6,8-9,11,15H,3,5,7H2,1-2H3. The van der Waals surface area contributed by atoms with Crippen molar-refractivity contribution >= 4 is 17.3 Å². The van der Waals surface area contributed by atoms with E-state index in [9.17, 15) is 0 Å². The zero-order valence-electron chi connectivity index (χ0n) is 9.79. The number of ether oxygens (including phenoxy) is 1. The average Bonchev–Trinajstić information content (AvgIpc) is 2.64. The van der Waals surface area contributed by atoms with Crippen LogP contribution in [0.3, 0.4) is 0 Å². The quantitative estimate of drug-likeness (QED) is 0.863. The molecular formula is C13H18ClNO. The van der Waals surface area contributed by atoms with Gasteiger partial charge in [-0.3, -0.25) is 0 Å². The molecule has 2 unspecified atom stereocenters. The van der Waals surface area contributed by atoms with Crippen molar-refractivity contribution in [3.63, 3.8) is 0 Å². The van der Waals surface area contributed by atoms with Gasteiger partial charge in [0.15, 0.2) is 0 Å². The molecule has 1 aromatic rings. The number of nitrogens with one attached hydrogen (secondary N) is 1. The molecule has 1 aromatic carbocycles. The van der Waals surface area contributed by atoms with Gasteiger partial charge in [-0.15, -0.1) is 0 Å². The van der Waals surface area contributed by atoms with Gasteiger partial charge >= 0.3 is 0 Å². The number of hydrogen-bond acceptors (Lipinski definition) is 2. The highest BCUT2D eigenvalue weighted by Gasteiger charge is 2.21. The van der Waals surface area contributed by atoms with Crippen LogP contribution in [0.4, 0.5) is 5.69 Å². The molecule has 3 heteroatoms. The Bertz CT molecular complexity index is 367. The van der Waals surface area contributed by atoms with Crippen LogP contribution in [0.2, 0.25) is 5.02 Å². The van der Waals surface area contributed by atoms with Gasteiger partial charge < -0.3 is 10.1 Å². The molecule has 0 aromatic heterocycles. The summed E-state index contributed by atoms with van der Waals surface area (Å²) in [7, 11) is 1.69. The number of rotatable bonds is 3. The van der Waals surface area contributed by atoms with Gasteiger partial charge in [-0.1, -0.05) is 18.5 Å². The van der Waals surface area contributed by atoms with Crippen molar-refractivity contribution in [1.82, 2.24) is 0 Å². The van der Waals surface area contributed by atoms with Crippen LogP contribution >= 0.6 is 11.6 Å². The molecule has 1 aliphatic carbocycles. The summed E-state index contributed by atoms with van der Waals surface area (Å²) < 4.78 is 5.32. The predicted molar refractivity (Wildman–Crippen MR) is 68.4 cm³/mol. The van der Waals surface area contributed by atoms with Crippen molar-refractivity contribution < 1.29 is 4.74 Å². The average molecular weight is 240 g/mol. The van der Waals surface area contributed by atoms with Gasteiger partial charge in [0.2, 0.25) is 0 Å². The van der Waals surface area contributed by atoms with Crippen molar-refractivity contribution in [3.05, 3.63) is 23.2 Å². The Kier molecular flexibility index (Phi) is 3.59. The Labute approximate surface area is 102 Å². The summed E-state index contributed by atoms with van der Waals surface area (Å²) in [6.07, 6.45) is 3.77. The lowest BCUT2D eigenvalue weighted by Crippen LogP contribution is -2.15. The molecule has 2 rings (SSSR count). The van der Waals surface area contributed by atoms with Gasteiger partial charge in [-0.25, -0.2) is 0 Å². The van der Waals surface area contributed by atoms with E-state index in [4.69, 9.17) is 16.3 Å². The lowest BCUT2D eigenvalue weighted by Gasteiger charge is -2.16. The molecule has 88 valence electrons. The number of hydrogen-bond donors (Lipinski definition) is 1.